The van der Waals surface area contributed by atoms with Crippen LogP contribution in [0.5, 0.6) is 0 Å². The fourth-order valence-corrected chi connectivity index (χ4v) is 7.16. The van der Waals surface area contributed by atoms with Crippen LogP contribution in [0.25, 0.3) is 5.69 Å². The number of aromatic nitrogens is 3. The predicted molar refractivity (Wildman–Crippen MR) is 81.4 cm³/mol. The Morgan fingerprint density at radius 2 is 1.67 bits per heavy atom. The van der Waals surface area contributed by atoms with E-state index in [1.165, 1.54) is 4.57 Å². The number of hydrogen-bond donors (Lipinski definition) is 1. The molecule has 0 radical (unpaired) electrons. The molecule has 0 saturated heterocycles. The van der Waals surface area contributed by atoms with Gasteiger partial charge >= 0.3 is 11.4 Å². The third-order valence-electron chi connectivity index (χ3n) is 7.60. The van der Waals surface area contributed by atoms with Gasteiger partial charge in [0.2, 0.25) is 5.91 Å². The Balaban J connectivity index is 1.56. The molecule has 4 saturated carbocycles. The van der Waals surface area contributed by atoms with Gasteiger partial charge in [-0.05, 0) is 35.8 Å². The molecule has 8 atom stereocenters. The largest absolute Gasteiger partial charge is 0.369 e. The van der Waals surface area contributed by atoms with Crippen LogP contribution in [-0.2, 0) is 4.79 Å². The van der Waals surface area contributed by atoms with Crippen molar-refractivity contribution in [2.75, 3.05) is 0 Å². The van der Waals surface area contributed by atoms with Crippen LogP contribution < -0.4 is 17.1 Å². The summed E-state index contributed by atoms with van der Waals surface area (Å²) >= 11 is 0. The van der Waals surface area contributed by atoms with Crippen molar-refractivity contribution in [3.63, 3.8) is 0 Å². The van der Waals surface area contributed by atoms with Gasteiger partial charge in [0.15, 0.2) is 0 Å². The van der Waals surface area contributed by atoms with E-state index in [2.05, 4.69) is 0 Å². The topological polar surface area (TPSA) is 92.0 Å². The number of para-hydroxylation sites is 1. The normalized spacial score (nSPS) is 46.8. The summed E-state index contributed by atoms with van der Waals surface area (Å²) in [4.78, 5) is 38.4. The Labute approximate surface area is 135 Å². The van der Waals surface area contributed by atoms with Gasteiger partial charge < -0.3 is 5.73 Å². The van der Waals surface area contributed by atoms with E-state index in [1.807, 2.05) is 6.07 Å². The van der Waals surface area contributed by atoms with Crippen LogP contribution >= 0.6 is 0 Å². The molecule has 0 unspecified atom stereocenters. The highest BCUT2D eigenvalue weighted by Crippen LogP contribution is 2.96. The van der Waals surface area contributed by atoms with Crippen molar-refractivity contribution in [3.8, 4) is 5.69 Å². The summed E-state index contributed by atoms with van der Waals surface area (Å²) in [5.41, 5.74) is 5.17. The van der Waals surface area contributed by atoms with Crippen LogP contribution in [0.1, 0.15) is 12.1 Å². The number of amides is 1. The second kappa shape index (κ2) is 3.03. The van der Waals surface area contributed by atoms with E-state index in [0.29, 0.717) is 29.4 Å². The molecular weight excluding hydrogens is 308 g/mol. The summed E-state index contributed by atoms with van der Waals surface area (Å²) in [5.74, 6) is 1.52. The zero-order valence-electron chi connectivity index (χ0n) is 12.6. The molecule has 4 fully saturated rings. The lowest BCUT2D eigenvalue weighted by molar-refractivity contribution is -0.129. The van der Waals surface area contributed by atoms with Crippen LogP contribution in [0, 0.1) is 35.0 Å². The fourth-order valence-electron chi connectivity index (χ4n) is 7.16. The van der Waals surface area contributed by atoms with Gasteiger partial charge in [0, 0.05) is 5.92 Å². The highest BCUT2D eigenvalue weighted by atomic mass is 16.2. The Kier molecular flexibility index (Phi) is 1.50. The maximum atomic E-state index is 13.1. The second-order valence-corrected chi connectivity index (χ2v) is 7.94. The minimum atomic E-state index is -0.562. The molecule has 6 aliphatic rings. The average Bonchev–Trinajstić information content (AvgIpc) is 3.37. The molecule has 8 rings (SSSR count). The Morgan fingerprint density at radius 1 is 0.958 bits per heavy atom. The molecular formula is C17H14N4O3. The van der Waals surface area contributed by atoms with Crippen molar-refractivity contribution in [2.45, 2.75) is 12.1 Å². The molecule has 7 nitrogen and oxygen atoms in total. The van der Waals surface area contributed by atoms with Crippen LogP contribution in [0.4, 0.5) is 0 Å². The van der Waals surface area contributed by atoms with Crippen molar-refractivity contribution in [1.82, 2.24) is 13.9 Å². The van der Waals surface area contributed by atoms with E-state index in [1.54, 1.807) is 33.6 Å². The Morgan fingerprint density at radius 3 is 2.38 bits per heavy atom. The minimum absolute atomic E-state index is 0.0207. The number of hydrogen-bond acceptors (Lipinski definition) is 3. The van der Waals surface area contributed by atoms with Gasteiger partial charge in [-0.15, -0.1) is 0 Å². The fraction of sp³-hybridized carbons (Fsp3) is 0.471. The number of carbonyl (C=O) groups excluding carboxylic acids is 1. The number of nitrogens with zero attached hydrogens (tertiary/aromatic N) is 3. The van der Waals surface area contributed by atoms with Crippen molar-refractivity contribution >= 4 is 5.91 Å². The lowest BCUT2D eigenvalue weighted by Crippen LogP contribution is -2.52. The van der Waals surface area contributed by atoms with Gasteiger partial charge in [0.05, 0.1) is 23.2 Å². The third-order valence-corrected chi connectivity index (χ3v) is 7.60. The zero-order valence-corrected chi connectivity index (χ0v) is 12.6. The highest BCUT2D eigenvalue weighted by molar-refractivity contribution is 5.89. The third kappa shape index (κ3) is 0.825. The molecule has 4 aliphatic carbocycles. The molecule has 2 N–H and O–H groups in total. The van der Waals surface area contributed by atoms with Crippen molar-refractivity contribution in [3.05, 3.63) is 51.3 Å². The van der Waals surface area contributed by atoms with E-state index in [-0.39, 0.29) is 35.3 Å². The van der Waals surface area contributed by atoms with E-state index >= 15 is 0 Å². The molecule has 24 heavy (non-hydrogen) atoms. The molecule has 7 heteroatoms. The predicted octanol–water partition coefficient (Wildman–Crippen LogP) is -0.496. The number of nitrogens with two attached hydrogens (primary N) is 1. The van der Waals surface area contributed by atoms with Crippen LogP contribution in [0.3, 0.4) is 0 Å². The number of carbonyl (C=O) groups is 1. The summed E-state index contributed by atoms with van der Waals surface area (Å²) < 4.78 is 4.47. The molecule has 2 aliphatic heterocycles. The van der Waals surface area contributed by atoms with Crippen LogP contribution in [0.2, 0.25) is 0 Å². The van der Waals surface area contributed by atoms with Gasteiger partial charge in [-0.3, -0.25) is 4.79 Å². The quantitative estimate of drug-likeness (QED) is 0.808. The lowest BCUT2D eigenvalue weighted by atomic mass is 9.78. The number of rotatable bonds is 2. The molecule has 2 aromatic rings. The summed E-state index contributed by atoms with van der Waals surface area (Å²) in [6.45, 7) is 0. The molecule has 120 valence electrons. The molecule has 0 spiro atoms. The molecule has 1 amide bonds. The highest BCUT2D eigenvalue weighted by Gasteiger charge is 2.99. The molecule has 3 heterocycles. The van der Waals surface area contributed by atoms with Gasteiger partial charge in [0.25, 0.3) is 0 Å². The Bertz CT molecular complexity index is 1100. The van der Waals surface area contributed by atoms with Gasteiger partial charge in [-0.25, -0.2) is 23.5 Å². The van der Waals surface area contributed by atoms with E-state index < -0.39 is 5.41 Å². The molecule has 1 aromatic carbocycles. The average molecular weight is 322 g/mol. The standard InChI is InChI=1S/C17H14N4O3/c18-14(22)17-10-7-8-9(7)13(17)21-16(24)19(6-4-2-1-3-5-6)15(23)20(21)12(8)11(10)17/h1-5,7-13H,(H2,18,22)/t7-,8-,9+,10+,11-,12+,13-,17+/m0/s1. The maximum Gasteiger partial charge on any atom is 0.352 e. The second-order valence-electron chi connectivity index (χ2n) is 7.94. The maximum absolute atomic E-state index is 13.1. The number of primary amides is 1. The van der Waals surface area contributed by atoms with E-state index in [4.69, 9.17) is 5.73 Å². The first-order chi connectivity index (χ1) is 11.6. The molecule has 2 bridgehead atoms. The summed E-state index contributed by atoms with van der Waals surface area (Å²) in [6, 6.07) is 8.74. The van der Waals surface area contributed by atoms with Crippen molar-refractivity contribution in [2.24, 2.45) is 40.7 Å². The van der Waals surface area contributed by atoms with Gasteiger partial charge in [-0.1, -0.05) is 18.2 Å². The molecule has 1 aromatic heterocycles. The van der Waals surface area contributed by atoms with E-state index in [9.17, 15) is 14.4 Å². The summed E-state index contributed by atoms with van der Waals surface area (Å²) in [6.07, 6.45) is 0. The van der Waals surface area contributed by atoms with Crippen molar-refractivity contribution in [1.29, 1.82) is 0 Å². The summed E-state index contributed by atoms with van der Waals surface area (Å²) in [7, 11) is 0. The van der Waals surface area contributed by atoms with Crippen molar-refractivity contribution < 1.29 is 4.79 Å². The lowest BCUT2D eigenvalue weighted by Gasteiger charge is -2.41. The first-order valence-electron chi connectivity index (χ1n) is 8.43. The Hall–Kier alpha value is -2.57. The number of benzene rings is 1. The zero-order chi connectivity index (χ0) is 16.1. The van der Waals surface area contributed by atoms with E-state index in [0.717, 1.165) is 0 Å². The smallest absolute Gasteiger partial charge is 0.352 e. The SMILES string of the molecule is NC(=O)[C@@]12[C@@H]3[C@H]4[C@H]5[C@@H]4[C@@H]1n1c(=O)n(-c4ccccc4)c(=O)n1[C@H]5[C@H]32. The van der Waals surface area contributed by atoms with Gasteiger partial charge in [-0.2, -0.15) is 0 Å². The summed E-state index contributed by atoms with van der Waals surface area (Å²) in [5, 5.41) is 0. The monoisotopic (exact) mass is 322 g/mol. The van der Waals surface area contributed by atoms with Gasteiger partial charge in [0.1, 0.15) is 0 Å². The first kappa shape index (κ1) is 11.9. The van der Waals surface area contributed by atoms with Crippen LogP contribution in [0.15, 0.2) is 39.9 Å². The minimum Gasteiger partial charge on any atom is -0.369 e. The van der Waals surface area contributed by atoms with Crippen LogP contribution in [-0.4, -0.2) is 19.8 Å². The first-order valence-corrected chi connectivity index (χ1v) is 8.43.